The summed E-state index contributed by atoms with van der Waals surface area (Å²) in [6.45, 7) is 9.77. The molecule has 0 amide bonds. The lowest BCUT2D eigenvalue weighted by atomic mass is 9.90. The molecule has 0 aliphatic carbocycles. The van der Waals surface area contributed by atoms with E-state index in [4.69, 9.17) is 0 Å². The lowest BCUT2D eigenvalue weighted by Gasteiger charge is -2.15. The van der Waals surface area contributed by atoms with Gasteiger partial charge in [0.15, 0.2) is 0 Å². The first-order chi connectivity index (χ1) is 10.4. The van der Waals surface area contributed by atoms with Crippen molar-refractivity contribution in [3.8, 4) is 0 Å². The van der Waals surface area contributed by atoms with E-state index in [0.29, 0.717) is 6.42 Å². The van der Waals surface area contributed by atoms with Crippen LogP contribution in [0.15, 0.2) is 12.1 Å². The summed E-state index contributed by atoms with van der Waals surface area (Å²) in [6, 6.07) is 4.60. The van der Waals surface area contributed by atoms with Crippen LogP contribution in [0.5, 0.6) is 0 Å². The summed E-state index contributed by atoms with van der Waals surface area (Å²) in [4.78, 5) is 22.8. The van der Waals surface area contributed by atoms with Crippen LogP contribution in [0, 0.1) is 12.8 Å². The fourth-order valence-electron chi connectivity index (χ4n) is 3.29. The molecule has 0 heterocycles. The third-order valence-electron chi connectivity index (χ3n) is 4.49. The van der Waals surface area contributed by atoms with E-state index in [1.165, 1.54) is 22.3 Å². The summed E-state index contributed by atoms with van der Waals surface area (Å²) >= 11 is 0. The zero-order valence-corrected chi connectivity index (χ0v) is 14.8. The molecule has 1 aromatic carbocycles. The maximum absolute atomic E-state index is 11.6. The van der Waals surface area contributed by atoms with Crippen molar-refractivity contribution in [1.29, 1.82) is 0 Å². The van der Waals surface area contributed by atoms with Gasteiger partial charge in [-0.15, -0.1) is 0 Å². The maximum atomic E-state index is 11.6. The van der Waals surface area contributed by atoms with E-state index in [1.807, 2.05) is 0 Å². The summed E-state index contributed by atoms with van der Waals surface area (Å²) < 4.78 is 0. The Morgan fingerprint density at radius 3 is 2.27 bits per heavy atom. The van der Waals surface area contributed by atoms with Gasteiger partial charge in [-0.3, -0.25) is 4.79 Å². The molecule has 0 radical (unpaired) electrons. The molecule has 0 aromatic heterocycles. The summed E-state index contributed by atoms with van der Waals surface area (Å²) in [5, 5.41) is 0. The minimum atomic E-state index is -0.0980. The van der Waals surface area contributed by atoms with Crippen LogP contribution in [0.25, 0.3) is 0 Å². The molecule has 1 atom stereocenters. The average molecular weight is 302 g/mol. The number of hydrogen-bond donors (Lipinski definition) is 0. The number of aryl methyl sites for hydroxylation is 3. The monoisotopic (exact) mass is 302 g/mol. The molecular formula is C20H30O2. The number of rotatable bonds is 9. The molecule has 0 spiro atoms. The SMILES string of the molecule is CCc1cc(CCC[C@H](CC(C)=O)C(C)=O)cc(C)c1CC. The van der Waals surface area contributed by atoms with Gasteiger partial charge in [0.25, 0.3) is 0 Å². The molecule has 0 aliphatic heterocycles. The summed E-state index contributed by atoms with van der Waals surface area (Å²) in [5.74, 6) is 0.151. The molecule has 22 heavy (non-hydrogen) atoms. The van der Waals surface area contributed by atoms with E-state index >= 15 is 0 Å². The Bertz CT molecular complexity index is 529. The normalized spacial score (nSPS) is 12.2. The standard InChI is InChI=1S/C20H30O2/c1-6-18-13-17(11-14(3)20(18)7-2)9-8-10-19(16(5)22)12-15(4)21/h11,13,19H,6-10,12H2,1-5H3/t19-/m1/s1. The van der Waals surface area contributed by atoms with E-state index in [1.54, 1.807) is 13.8 Å². The van der Waals surface area contributed by atoms with Crippen LogP contribution < -0.4 is 0 Å². The zero-order chi connectivity index (χ0) is 16.7. The number of carbonyl (C=O) groups is 2. The molecule has 2 heteroatoms. The van der Waals surface area contributed by atoms with E-state index in [9.17, 15) is 9.59 Å². The fraction of sp³-hybridized carbons (Fsp3) is 0.600. The molecule has 0 bridgehead atoms. The Morgan fingerprint density at radius 1 is 1.09 bits per heavy atom. The Hall–Kier alpha value is -1.44. The summed E-state index contributed by atoms with van der Waals surface area (Å²) in [7, 11) is 0. The van der Waals surface area contributed by atoms with Crippen LogP contribution >= 0.6 is 0 Å². The van der Waals surface area contributed by atoms with Crippen LogP contribution in [0.1, 0.15) is 69.2 Å². The molecule has 0 fully saturated rings. The predicted octanol–water partition coefficient (Wildman–Crippen LogP) is 4.63. The third kappa shape index (κ3) is 5.40. The lowest BCUT2D eigenvalue weighted by Crippen LogP contribution is -2.14. The van der Waals surface area contributed by atoms with Crippen LogP contribution in [0.3, 0.4) is 0 Å². The van der Waals surface area contributed by atoms with Gasteiger partial charge >= 0.3 is 0 Å². The van der Waals surface area contributed by atoms with Crippen molar-refractivity contribution in [2.75, 3.05) is 0 Å². The maximum Gasteiger partial charge on any atom is 0.133 e. The zero-order valence-electron chi connectivity index (χ0n) is 14.8. The van der Waals surface area contributed by atoms with Crippen molar-refractivity contribution in [2.24, 2.45) is 5.92 Å². The lowest BCUT2D eigenvalue weighted by molar-refractivity contribution is -0.126. The molecule has 1 aromatic rings. The number of benzene rings is 1. The molecule has 0 N–H and O–H groups in total. The second kappa shape index (κ2) is 8.87. The minimum Gasteiger partial charge on any atom is -0.300 e. The van der Waals surface area contributed by atoms with Gasteiger partial charge in [-0.2, -0.15) is 0 Å². The molecule has 0 aliphatic rings. The second-order valence-electron chi connectivity index (χ2n) is 6.36. The molecule has 0 saturated carbocycles. The summed E-state index contributed by atoms with van der Waals surface area (Å²) in [5.41, 5.74) is 5.66. The highest BCUT2D eigenvalue weighted by molar-refractivity contribution is 5.85. The Balaban J connectivity index is 2.70. The number of hydrogen-bond acceptors (Lipinski definition) is 2. The van der Waals surface area contributed by atoms with Gasteiger partial charge in [0, 0.05) is 12.3 Å². The largest absolute Gasteiger partial charge is 0.300 e. The molecular weight excluding hydrogens is 272 g/mol. The highest BCUT2D eigenvalue weighted by Gasteiger charge is 2.16. The van der Waals surface area contributed by atoms with Crippen molar-refractivity contribution in [3.63, 3.8) is 0 Å². The molecule has 1 rings (SSSR count). The van der Waals surface area contributed by atoms with E-state index in [2.05, 4.69) is 32.9 Å². The first-order valence-corrected chi connectivity index (χ1v) is 8.50. The Kier molecular flexibility index (Phi) is 7.50. The third-order valence-corrected chi connectivity index (χ3v) is 4.49. The molecule has 0 saturated heterocycles. The number of ketones is 2. The van der Waals surface area contributed by atoms with Crippen molar-refractivity contribution in [3.05, 3.63) is 34.4 Å². The Labute approximate surface area is 135 Å². The van der Waals surface area contributed by atoms with Crippen molar-refractivity contribution in [2.45, 2.75) is 73.1 Å². The number of Topliss-reactive ketones (excluding diaryl/α,β-unsaturated/α-hetero) is 2. The average Bonchev–Trinajstić information content (AvgIpc) is 2.44. The van der Waals surface area contributed by atoms with Gasteiger partial charge < -0.3 is 4.79 Å². The topological polar surface area (TPSA) is 34.1 Å². The Morgan fingerprint density at radius 2 is 1.77 bits per heavy atom. The van der Waals surface area contributed by atoms with Gasteiger partial charge in [0.05, 0.1) is 0 Å². The van der Waals surface area contributed by atoms with E-state index in [-0.39, 0.29) is 17.5 Å². The van der Waals surface area contributed by atoms with Crippen LogP contribution in [0.4, 0.5) is 0 Å². The molecule has 2 nitrogen and oxygen atoms in total. The van der Waals surface area contributed by atoms with Crippen molar-refractivity contribution < 1.29 is 9.59 Å². The smallest absolute Gasteiger partial charge is 0.133 e. The van der Waals surface area contributed by atoms with E-state index < -0.39 is 0 Å². The van der Waals surface area contributed by atoms with Gasteiger partial charge in [0.1, 0.15) is 11.6 Å². The quantitative estimate of drug-likeness (QED) is 0.666. The van der Waals surface area contributed by atoms with Gasteiger partial charge in [-0.25, -0.2) is 0 Å². The summed E-state index contributed by atoms with van der Waals surface area (Å²) in [6.07, 6.45) is 5.30. The fourth-order valence-corrected chi connectivity index (χ4v) is 3.29. The molecule has 0 unspecified atom stereocenters. The van der Waals surface area contributed by atoms with Gasteiger partial charge in [0.2, 0.25) is 0 Å². The highest BCUT2D eigenvalue weighted by Crippen LogP contribution is 2.21. The predicted molar refractivity (Wildman–Crippen MR) is 92.3 cm³/mol. The number of carbonyl (C=O) groups excluding carboxylic acids is 2. The van der Waals surface area contributed by atoms with Crippen LogP contribution in [-0.2, 0) is 28.9 Å². The van der Waals surface area contributed by atoms with Crippen LogP contribution in [-0.4, -0.2) is 11.6 Å². The van der Waals surface area contributed by atoms with Crippen molar-refractivity contribution >= 4 is 11.6 Å². The van der Waals surface area contributed by atoms with Gasteiger partial charge in [-0.05, 0) is 75.1 Å². The van der Waals surface area contributed by atoms with Crippen molar-refractivity contribution in [1.82, 2.24) is 0 Å². The van der Waals surface area contributed by atoms with Crippen LogP contribution in [0.2, 0.25) is 0 Å². The highest BCUT2D eigenvalue weighted by atomic mass is 16.1. The first kappa shape index (κ1) is 18.6. The second-order valence-corrected chi connectivity index (χ2v) is 6.36. The molecule has 122 valence electrons. The minimum absolute atomic E-state index is 0.0980. The first-order valence-electron chi connectivity index (χ1n) is 8.50. The van der Waals surface area contributed by atoms with E-state index in [0.717, 1.165) is 32.1 Å². The van der Waals surface area contributed by atoms with Gasteiger partial charge in [-0.1, -0.05) is 26.0 Å².